The zero-order valence-electron chi connectivity index (χ0n) is 10.8. The number of hydrogen-bond acceptors (Lipinski definition) is 3. The Bertz CT molecular complexity index is 383. The number of furan rings is 1. The number of guanidine groups is 1. The van der Waals surface area contributed by atoms with Crippen LogP contribution in [0.15, 0.2) is 27.8 Å². The number of hydrogen-bond donors (Lipinski definition) is 3. The fourth-order valence-corrected chi connectivity index (χ4v) is 1.99. The van der Waals surface area contributed by atoms with Crippen molar-refractivity contribution < 1.29 is 9.52 Å². The van der Waals surface area contributed by atoms with Crippen molar-refractivity contribution in [2.75, 3.05) is 20.1 Å². The van der Waals surface area contributed by atoms with Crippen molar-refractivity contribution in [2.45, 2.75) is 31.3 Å². The van der Waals surface area contributed by atoms with Crippen LogP contribution in [0.4, 0.5) is 0 Å². The van der Waals surface area contributed by atoms with Gasteiger partial charge in [-0.1, -0.05) is 0 Å². The lowest BCUT2D eigenvalue weighted by Crippen LogP contribution is -2.50. The van der Waals surface area contributed by atoms with E-state index in [1.807, 2.05) is 12.1 Å². The Morgan fingerprint density at radius 1 is 1.50 bits per heavy atom. The molecule has 0 spiro atoms. The smallest absolute Gasteiger partial charge is 0.191 e. The van der Waals surface area contributed by atoms with Gasteiger partial charge >= 0.3 is 0 Å². The zero-order chi connectivity index (χ0) is 12.8. The van der Waals surface area contributed by atoms with E-state index in [0.29, 0.717) is 6.54 Å². The van der Waals surface area contributed by atoms with E-state index in [-0.39, 0.29) is 0 Å². The molecule has 0 atom stereocenters. The summed E-state index contributed by atoms with van der Waals surface area (Å²) in [6.45, 7) is 1.32. The Morgan fingerprint density at radius 3 is 2.89 bits per heavy atom. The molecular weight excluding hydrogens is 230 g/mol. The van der Waals surface area contributed by atoms with Crippen LogP contribution in [0.5, 0.6) is 0 Å². The molecule has 1 saturated carbocycles. The van der Waals surface area contributed by atoms with E-state index in [1.54, 1.807) is 13.3 Å². The quantitative estimate of drug-likeness (QED) is 0.537. The molecule has 1 aliphatic carbocycles. The first kappa shape index (κ1) is 13.0. The van der Waals surface area contributed by atoms with E-state index in [1.165, 1.54) is 0 Å². The Kier molecular flexibility index (Phi) is 4.25. The molecule has 100 valence electrons. The van der Waals surface area contributed by atoms with Crippen molar-refractivity contribution in [3.05, 3.63) is 24.2 Å². The van der Waals surface area contributed by atoms with Gasteiger partial charge in [0.2, 0.25) is 0 Å². The van der Waals surface area contributed by atoms with E-state index in [0.717, 1.165) is 43.9 Å². The largest absolute Gasteiger partial charge is 0.469 e. The first-order chi connectivity index (χ1) is 8.72. The normalized spacial score (nSPS) is 18.2. The monoisotopic (exact) mass is 251 g/mol. The molecule has 0 aromatic carbocycles. The van der Waals surface area contributed by atoms with Crippen LogP contribution in [-0.2, 0) is 6.42 Å². The molecule has 1 aromatic heterocycles. The van der Waals surface area contributed by atoms with Gasteiger partial charge in [0.1, 0.15) is 5.76 Å². The number of aliphatic hydroxyl groups is 1. The highest BCUT2D eigenvalue weighted by Crippen LogP contribution is 2.30. The molecule has 5 nitrogen and oxygen atoms in total. The molecule has 18 heavy (non-hydrogen) atoms. The van der Waals surface area contributed by atoms with Crippen LogP contribution < -0.4 is 10.6 Å². The molecule has 1 heterocycles. The summed E-state index contributed by atoms with van der Waals surface area (Å²) in [6, 6.07) is 3.84. The van der Waals surface area contributed by atoms with E-state index in [2.05, 4.69) is 15.6 Å². The van der Waals surface area contributed by atoms with E-state index in [4.69, 9.17) is 4.42 Å². The van der Waals surface area contributed by atoms with Gasteiger partial charge in [0.25, 0.3) is 0 Å². The number of rotatable bonds is 5. The van der Waals surface area contributed by atoms with Gasteiger partial charge in [-0.15, -0.1) is 0 Å². The first-order valence-electron chi connectivity index (χ1n) is 6.41. The maximum Gasteiger partial charge on any atom is 0.191 e. The second-order valence-corrected chi connectivity index (χ2v) is 4.76. The minimum atomic E-state index is -0.529. The molecule has 2 rings (SSSR count). The lowest BCUT2D eigenvalue weighted by Gasteiger charge is -2.36. The molecule has 3 N–H and O–H groups in total. The fraction of sp³-hybridized carbons (Fsp3) is 0.615. The SMILES string of the molecule is CN=C(NCCc1ccco1)NCC1(O)CCC1. The Labute approximate surface area is 107 Å². The lowest BCUT2D eigenvalue weighted by atomic mass is 9.80. The van der Waals surface area contributed by atoms with Crippen LogP contribution in [-0.4, -0.2) is 36.8 Å². The molecule has 5 heteroatoms. The summed E-state index contributed by atoms with van der Waals surface area (Å²) in [7, 11) is 1.73. The van der Waals surface area contributed by atoms with Gasteiger partial charge in [0.15, 0.2) is 5.96 Å². The van der Waals surface area contributed by atoms with Crippen LogP contribution in [0.1, 0.15) is 25.0 Å². The van der Waals surface area contributed by atoms with Gasteiger partial charge in [0.05, 0.1) is 11.9 Å². The van der Waals surface area contributed by atoms with Gasteiger partial charge in [-0.3, -0.25) is 4.99 Å². The van der Waals surface area contributed by atoms with Crippen molar-refractivity contribution >= 4 is 5.96 Å². The van der Waals surface area contributed by atoms with Gasteiger partial charge in [0, 0.05) is 26.6 Å². The highest BCUT2D eigenvalue weighted by Gasteiger charge is 2.34. The van der Waals surface area contributed by atoms with Crippen LogP contribution in [0.2, 0.25) is 0 Å². The lowest BCUT2D eigenvalue weighted by molar-refractivity contribution is -0.0279. The second-order valence-electron chi connectivity index (χ2n) is 4.76. The third-order valence-electron chi connectivity index (χ3n) is 3.34. The van der Waals surface area contributed by atoms with E-state index < -0.39 is 5.60 Å². The van der Waals surface area contributed by atoms with Crippen molar-refractivity contribution in [2.24, 2.45) is 4.99 Å². The molecular formula is C13H21N3O2. The highest BCUT2D eigenvalue weighted by molar-refractivity contribution is 5.79. The standard InChI is InChI=1S/C13H21N3O2/c1-14-12(16-10-13(17)6-3-7-13)15-8-5-11-4-2-9-18-11/h2,4,9,17H,3,5-8,10H2,1H3,(H2,14,15,16). The Balaban J connectivity index is 1.66. The molecule has 0 amide bonds. The zero-order valence-corrected chi connectivity index (χ0v) is 10.8. The first-order valence-corrected chi connectivity index (χ1v) is 6.41. The molecule has 1 fully saturated rings. The van der Waals surface area contributed by atoms with Crippen molar-refractivity contribution in [1.82, 2.24) is 10.6 Å². The number of aliphatic imine (C=N–C) groups is 1. The average Bonchev–Trinajstić information content (AvgIpc) is 2.84. The summed E-state index contributed by atoms with van der Waals surface area (Å²) < 4.78 is 5.25. The van der Waals surface area contributed by atoms with Crippen molar-refractivity contribution in [1.29, 1.82) is 0 Å². The van der Waals surface area contributed by atoms with Crippen LogP contribution in [0.25, 0.3) is 0 Å². The predicted octanol–water partition coefficient (Wildman–Crippen LogP) is 0.902. The summed E-state index contributed by atoms with van der Waals surface area (Å²) in [5, 5.41) is 16.3. The second kappa shape index (κ2) is 5.91. The topological polar surface area (TPSA) is 69.8 Å². The van der Waals surface area contributed by atoms with E-state index >= 15 is 0 Å². The molecule has 0 radical (unpaired) electrons. The van der Waals surface area contributed by atoms with E-state index in [9.17, 15) is 5.11 Å². The molecule has 0 unspecified atom stereocenters. The fourth-order valence-electron chi connectivity index (χ4n) is 1.99. The maximum atomic E-state index is 9.97. The third kappa shape index (κ3) is 3.50. The summed E-state index contributed by atoms with van der Waals surface area (Å²) in [4.78, 5) is 4.12. The van der Waals surface area contributed by atoms with Crippen molar-refractivity contribution in [3.8, 4) is 0 Å². The highest BCUT2D eigenvalue weighted by atomic mass is 16.3. The summed E-state index contributed by atoms with van der Waals surface area (Å²) in [6.07, 6.45) is 5.36. The number of nitrogens with one attached hydrogen (secondary N) is 2. The number of nitrogens with zero attached hydrogens (tertiary/aromatic N) is 1. The maximum absolute atomic E-state index is 9.97. The molecule has 0 saturated heterocycles. The van der Waals surface area contributed by atoms with Crippen LogP contribution >= 0.6 is 0 Å². The average molecular weight is 251 g/mol. The Morgan fingerprint density at radius 2 is 2.33 bits per heavy atom. The predicted molar refractivity (Wildman–Crippen MR) is 70.6 cm³/mol. The van der Waals surface area contributed by atoms with Gasteiger partial charge in [-0.05, 0) is 31.4 Å². The van der Waals surface area contributed by atoms with Gasteiger partial charge in [-0.25, -0.2) is 0 Å². The minimum Gasteiger partial charge on any atom is -0.469 e. The molecule has 0 bridgehead atoms. The van der Waals surface area contributed by atoms with Crippen LogP contribution in [0.3, 0.4) is 0 Å². The summed E-state index contributed by atoms with van der Waals surface area (Å²) in [5.74, 6) is 1.68. The van der Waals surface area contributed by atoms with Gasteiger partial charge < -0.3 is 20.2 Å². The molecule has 1 aromatic rings. The summed E-state index contributed by atoms with van der Waals surface area (Å²) >= 11 is 0. The van der Waals surface area contributed by atoms with Crippen LogP contribution in [0, 0.1) is 0 Å². The minimum absolute atomic E-state index is 0.529. The summed E-state index contributed by atoms with van der Waals surface area (Å²) in [5.41, 5.74) is -0.529. The molecule has 1 aliphatic rings. The third-order valence-corrected chi connectivity index (χ3v) is 3.34. The molecule has 0 aliphatic heterocycles. The Hall–Kier alpha value is -1.49. The van der Waals surface area contributed by atoms with Gasteiger partial charge in [-0.2, -0.15) is 0 Å². The van der Waals surface area contributed by atoms with Crippen molar-refractivity contribution in [3.63, 3.8) is 0 Å².